The van der Waals surface area contributed by atoms with E-state index in [1.165, 1.54) is 11.6 Å². The summed E-state index contributed by atoms with van der Waals surface area (Å²) in [6.07, 6.45) is 1.90. The average Bonchev–Trinajstić information content (AvgIpc) is 3.35. The molecule has 0 saturated carbocycles. The monoisotopic (exact) mass is 575 g/mol. The third-order valence-electron chi connectivity index (χ3n) is 8.31. The van der Waals surface area contributed by atoms with Crippen molar-refractivity contribution in [2.24, 2.45) is 5.92 Å². The van der Waals surface area contributed by atoms with Crippen LogP contribution in [0.3, 0.4) is 0 Å². The van der Waals surface area contributed by atoms with E-state index < -0.39 is 5.82 Å². The first kappa shape index (κ1) is 27.5. The van der Waals surface area contributed by atoms with Crippen molar-refractivity contribution in [3.05, 3.63) is 89.0 Å². The third kappa shape index (κ3) is 6.04. The maximum absolute atomic E-state index is 13.6. The lowest BCUT2D eigenvalue weighted by Crippen LogP contribution is -2.52. The zero-order chi connectivity index (χ0) is 28.3. The molecule has 4 aromatic rings. The van der Waals surface area contributed by atoms with Gasteiger partial charge in [-0.2, -0.15) is 0 Å². The predicted octanol–water partition coefficient (Wildman–Crippen LogP) is 5.45. The molecule has 1 amide bonds. The minimum absolute atomic E-state index is 0.0185. The third-order valence-corrected chi connectivity index (χ3v) is 8.60. The van der Waals surface area contributed by atoms with Gasteiger partial charge >= 0.3 is 0 Å². The summed E-state index contributed by atoms with van der Waals surface area (Å²) in [7, 11) is 1.68. The Morgan fingerprint density at radius 3 is 2.54 bits per heavy atom. The van der Waals surface area contributed by atoms with E-state index in [2.05, 4.69) is 44.7 Å². The summed E-state index contributed by atoms with van der Waals surface area (Å²) in [6, 6.07) is 21.2. The number of nitrogens with zero attached hydrogens (tertiary/aromatic N) is 5. The van der Waals surface area contributed by atoms with Gasteiger partial charge in [0.2, 0.25) is 5.91 Å². The van der Waals surface area contributed by atoms with Crippen molar-refractivity contribution in [3.8, 4) is 5.75 Å². The number of anilines is 1. The summed E-state index contributed by atoms with van der Waals surface area (Å²) >= 11 is 5.99. The van der Waals surface area contributed by atoms with Crippen molar-refractivity contribution < 1.29 is 13.9 Å². The highest BCUT2D eigenvalue weighted by molar-refractivity contribution is 6.31. The Morgan fingerprint density at radius 1 is 1.00 bits per heavy atom. The van der Waals surface area contributed by atoms with E-state index in [1.807, 2.05) is 23.1 Å². The molecular formula is C32H35ClFN5O2. The minimum atomic E-state index is -0.414. The first-order valence-electron chi connectivity index (χ1n) is 14.3. The number of para-hydroxylation sites is 2. The normalized spacial score (nSPS) is 18.2. The Balaban J connectivity index is 1.11. The van der Waals surface area contributed by atoms with E-state index in [0.29, 0.717) is 32.7 Å². The van der Waals surface area contributed by atoms with Crippen molar-refractivity contribution in [2.75, 3.05) is 51.3 Å². The number of likely N-dealkylation sites (tertiary alicyclic amines) is 1. The van der Waals surface area contributed by atoms with Crippen LogP contribution in [0.15, 0.2) is 66.7 Å². The molecule has 3 aromatic carbocycles. The zero-order valence-electron chi connectivity index (χ0n) is 23.3. The molecule has 1 atom stereocenters. The van der Waals surface area contributed by atoms with Gasteiger partial charge in [0, 0.05) is 45.0 Å². The molecule has 6 rings (SSSR count). The molecule has 2 aliphatic heterocycles. The van der Waals surface area contributed by atoms with E-state index in [9.17, 15) is 9.18 Å². The van der Waals surface area contributed by atoms with Crippen molar-refractivity contribution in [2.45, 2.75) is 25.9 Å². The molecule has 0 spiro atoms. The Morgan fingerprint density at radius 2 is 1.78 bits per heavy atom. The van der Waals surface area contributed by atoms with Crippen LogP contribution in [0.1, 0.15) is 24.2 Å². The highest BCUT2D eigenvalue weighted by Gasteiger charge is 2.32. The number of aromatic nitrogens is 2. The van der Waals surface area contributed by atoms with Gasteiger partial charge in [0.1, 0.15) is 17.4 Å². The van der Waals surface area contributed by atoms with Crippen LogP contribution in [-0.4, -0.2) is 71.6 Å². The van der Waals surface area contributed by atoms with Gasteiger partial charge in [0.25, 0.3) is 0 Å². The number of carbonyl (C=O) groups excluding carboxylic acids is 1. The molecule has 2 aliphatic rings. The largest absolute Gasteiger partial charge is 0.497 e. The fraction of sp³-hybridized carbons (Fsp3) is 0.375. The molecule has 2 fully saturated rings. The van der Waals surface area contributed by atoms with Crippen molar-refractivity contribution in [1.82, 2.24) is 19.4 Å². The standard InChI is InChI=1S/C32H35ClFN5O2/c1-41-26-11-8-23(9-12-26)20-39-30-7-3-2-6-29(30)35-31(39)22-36-14-4-5-24(21-36)32(40)38-17-15-37(16-18-38)25-10-13-28(34)27(33)19-25/h2-3,6-13,19,24H,4-5,14-18,20-22H2,1H3/t24-/m1/s1. The van der Waals surface area contributed by atoms with Gasteiger partial charge in [0.05, 0.1) is 35.6 Å². The van der Waals surface area contributed by atoms with Gasteiger partial charge in [-0.3, -0.25) is 9.69 Å². The number of hydrogen-bond acceptors (Lipinski definition) is 5. The zero-order valence-corrected chi connectivity index (χ0v) is 24.1. The molecule has 0 N–H and O–H groups in total. The maximum atomic E-state index is 13.6. The maximum Gasteiger partial charge on any atom is 0.227 e. The van der Waals surface area contributed by atoms with Crippen LogP contribution in [0.5, 0.6) is 5.75 Å². The molecule has 1 aromatic heterocycles. The number of hydrogen-bond donors (Lipinski definition) is 0. The van der Waals surface area contributed by atoms with Crippen LogP contribution in [0.25, 0.3) is 11.0 Å². The van der Waals surface area contributed by atoms with Crippen molar-refractivity contribution >= 4 is 34.2 Å². The van der Waals surface area contributed by atoms with Gasteiger partial charge < -0.3 is 19.1 Å². The summed E-state index contributed by atoms with van der Waals surface area (Å²) in [5.41, 5.74) is 4.18. The second-order valence-electron chi connectivity index (χ2n) is 10.9. The van der Waals surface area contributed by atoms with Crippen LogP contribution < -0.4 is 9.64 Å². The Kier molecular flexibility index (Phi) is 8.12. The molecule has 9 heteroatoms. The first-order valence-corrected chi connectivity index (χ1v) is 14.6. The van der Waals surface area contributed by atoms with E-state index in [-0.39, 0.29) is 16.8 Å². The lowest BCUT2D eigenvalue weighted by atomic mass is 9.96. The Labute approximate surface area is 245 Å². The number of rotatable bonds is 7. The highest BCUT2D eigenvalue weighted by Crippen LogP contribution is 2.27. The fourth-order valence-electron chi connectivity index (χ4n) is 6.06. The van der Waals surface area contributed by atoms with Crippen LogP contribution in [0.2, 0.25) is 5.02 Å². The quantitative estimate of drug-likeness (QED) is 0.293. The molecule has 0 radical (unpaired) electrons. The van der Waals surface area contributed by atoms with E-state index in [0.717, 1.165) is 60.8 Å². The molecule has 0 aliphatic carbocycles. The van der Waals surface area contributed by atoms with Gasteiger partial charge in [0.15, 0.2) is 0 Å². The number of imidazole rings is 1. The summed E-state index contributed by atoms with van der Waals surface area (Å²) in [5.74, 6) is 1.66. The van der Waals surface area contributed by atoms with Crippen LogP contribution in [0, 0.1) is 11.7 Å². The average molecular weight is 576 g/mol. The molecule has 2 saturated heterocycles. The van der Waals surface area contributed by atoms with E-state index in [1.54, 1.807) is 19.2 Å². The number of fused-ring (bicyclic) bond motifs is 1. The Bertz CT molecular complexity index is 1520. The summed E-state index contributed by atoms with van der Waals surface area (Å²) < 4.78 is 21.2. The van der Waals surface area contributed by atoms with Crippen molar-refractivity contribution in [1.29, 1.82) is 0 Å². The SMILES string of the molecule is COc1ccc(Cn2c(CN3CCC[C@@H](C(=O)N4CCN(c5ccc(F)c(Cl)c5)CC4)C3)nc3ccccc32)cc1. The molecular weight excluding hydrogens is 541 g/mol. The van der Waals surface area contributed by atoms with Gasteiger partial charge in [-0.25, -0.2) is 9.37 Å². The van der Waals surface area contributed by atoms with E-state index in [4.69, 9.17) is 21.3 Å². The van der Waals surface area contributed by atoms with Crippen LogP contribution >= 0.6 is 11.6 Å². The Hall–Kier alpha value is -3.62. The lowest BCUT2D eigenvalue weighted by molar-refractivity contribution is -0.137. The number of benzene rings is 3. The number of carbonyl (C=O) groups is 1. The second-order valence-corrected chi connectivity index (χ2v) is 11.3. The lowest BCUT2D eigenvalue weighted by Gasteiger charge is -2.39. The predicted molar refractivity (Wildman–Crippen MR) is 160 cm³/mol. The second kappa shape index (κ2) is 12.1. The molecule has 0 unspecified atom stereocenters. The molecule has 0 bridgehead atoms. The number of amides is 1. The molecule has 214 valence electrons. The number of methoxy groups -OCH3 is 1. The molecule has 41 heavy (non-hydrogen) atoms. The first-order chi connectivity index (χ1) is 20.0. The minimum Gasteiger partial charge on any atom is -0.497 e. The van der Waals surface area contributed by atoms with Crippen LogP contribution in [-0.2, 0) is 17.9 Å². The summed E-state index contributed by atoms with van der Waals surface area (Å²) in [6.45, 7) is 5.84. The summed E-state index contributed by atoms with van der Waals surface area (Å²) in [5, 5.41) is 0.126. The van der Waals surface area contributed by atoms with Gasteiger partial charge in [-0.1, -0.05) is 35.9 Å². The number of ether oxygens (including phenoxy) is 1. The number of halogens is 2. The number of piperidine rings is 1. The number of piperazine rings is 1. The topological polar surface area (TPSA) is 53.8 Å². The van der Waals surface area contributed by atoms with Crippen LogP contribution in [0.4, 0.5) is 10.1 Å². The van der Waals surface area contributed by atoms with Gasteiger partial charge in [-0.15, -0.1) is 0 Å². The summed E-state index contributed by atoms with van der Waals surface area (Å²) in [4.78, 5) is 25.1. The highest BCUT2D eigenvalue weighted by atomic mass is 35.5. The molecule has 7 nitrogen and oxygen atoms in total. The fourth-order valence-corrected chi connectivity index (χ4v) is 6.24. The van der Waals surface area contributed by atoms with Gasteiger partial charge in [-0.05, 0) is 67.4 Å². The van der Waals surface area contributed by atoms with Crippen molar-refractivity contribution in [3.63, 3.8) is 0 Å². The van der Waals surface area contributed by atoms with E-state index >= 15 is 0 Å². The molecule has 3 heterocycles. The smallest absolute Gasteiger partial charge is 0.227 e.